The molecule has 0 radical (unpaired) electrons. The Balaban J connectivity index is 1.41. The minimum absolute atomic E-state index is 0.301. The first-order valence-corrected chi connectivity index (χ1v) is 11.4. The van der Waals surface area contributed by atoms with Crippen molar-refractivity contribution in [2.75, 3.05) is 13.2 Å². The number of oxime groups is 1. The number of carboxylic acids is 1. The normalized spacial score (nSPS) is 12.5. The number of carbonyl (C=O) groups is 1. The minimum atomic E-state index is -0.968. The average Bonchev–Trinajstić information content (AvgIpc) is 3.28. The lowest BCUT2D eigenvalue weighted by atomic mass is 10.1. The van der Waals surface area contributed by atoms with Crippen LogP contribution in [0.2, 0.25) is 0 Å². The van der Waals surface area contributed by atoms with Crippen molar-refractivity contribution in [2.24, 2.45) is 5.16 Å². The summed E-state index contributed by atoms with van der Waals surface area (Å²) in [4.78, 5) is 16.0. The van der Waals surface area contributed by atoms with Gasteiger partial charge in [-0.05, 0) is 42.8 Å². The summed E-state index contributed by atoms with van der Waals surface area (Å²) < 4.78 is 13.2. The number of hydrogen-bond donors (Lipinski definition) is 2. The molecular weight excluding hydrogens is 446 g/mol. The van der Waals surface area contributed by atoms with E-state index in [1.54, 1.807) is 6.92 Å². The molecule has 0 saturated carbocycles. The van der Waals surface area contributed by atoms with Gasteiger partial charge in [-0.25, -0.2) is 9.78 Å². The molecule has 2 heterocycles. The van der Waals surface area contributed by atoms with Crippen molar-refractivity contribution < 1.29 is 24.6 Å². The summed E-state index contributed by atoms with van der Waals surface area (Å²) in [5, 5.41) is 23.3. The van der Waals surface area contributed by atoms with E-state index in [1.807, 2.05) is 83.6 Å². The standard InChI is InChI=1S/C27H27N3O5/c1-2-34-24(27(31)32)18-19-8-11-22(12-9-19)35-17-16-30-15-14-21-10-13-23(28-26(21)30)25(29-33)20-6-4-3-5-7-20/h3-15,24,33H,2,16-18H2,1H3,(H,31,32)/b29-25+. The van der Waals surface area contributed by atoms with Gasteiger partial charge in [-0.3, -0.25) is 0 Å². The van der Waals surface area contributed by atoms with Gasteiger partial charge in [0.15, 0.2) is 6.10 Å². The third-order valence-corrected chi connectivity index (χ3v) is 5.59. The first kappa shape index (κ1) is 24.0. The molecule has 2 aromatic carbocycles. The molecule has 8 heteroatoms. The topological polar surface area (TPSA) is 106 Å². The van der Waals surface area contributed by atoms with Gasteiger partial charge in [-0.2, -0.15) is 0 Å². The monoisotopic (exact) mass is 473 g/mol. The summed E-state index contributed by atoms with van der Waals surface area (Å²) in [5.41, 5.74) is 3.41. The summed E-state index contributed by atoms with van der Waals surface area (Å²) in [6.45, 7) is 3.12. The second kappa shape index (κ2) is 11.3. The molecule has 2 N–H and O–H groups in total. The van der Waals surface area contributed by atoms with E-state index in [0.29, 0.717) is 43.3 Å². The average molecular weight is 474 g/mol. The number of hydrogen-bond acceptors (Lipinski definition) is 6. The van der Waals surface area contributed by atoms with Crippen LogP contribution >= 0.6 is 0 Å². The summed E-state index contributed by atoms with van der Waals surface area (Å²) in [6.07, 6.45) is 1.39. The fourth-order valence-electron chi connectivity index (χ4n) is 3.84. The van der Waals surface area contributed by atoms with Gasteiger partial charge < -0.3 is 24.4 Å². The highest BCUT2D eigenvalue weighted by Gasteiger charge is 2.18. The Morgan fingerprint density at radius 1 is 1.06 bits per heavy atom. The molecule has 4 aromatic rings. The smallest absolute Gasteiger partial charge is 0.333 e. The zero-order valence-electron chi connectivity index (χ0n) is 19.4. The number of fused-ring (bicyclic) bond motifs is 1. The predicted octanol–water partition coefficient (Wildman–Crippen LogP) is 4.37. The number of benzene rings is 2. The van der Waals surface area contributed by atoms with E-state index in [0.717, 1.165) is 22.2 Å². The van der Waals surface area contributed by atoms with E-state index < -0.39 is 12.1 Å². The van der Waals surface area contributed by atoms with Crippen LogP contribution in [0.25, 0.3) is 11.0 Å². The van der Waals surface area contributed by atoms with Crippen LogP contribution < -0.4 is 4.74 Å². The van der Waals surface area contributed by atoms with Crippen molar-refractivity contribution in [1.29, 1.82) is 0 Å². The molecule has 0 amide bonds. The lowest BCUT2D eigenvalue weighted by Crippen LogP contribution is -2.26. The highest BCUT2D eigenvalue weighted by molar-refractivity contribution is 6.12. The van der Waals surface area contributed by atoms with Crippen LogP contribution in [-0.4, -0.2) is 50.9 Å². The first-order valence-electron chi connectivity index (χ1n) is 11.4. The maximum atomic E-state index is 11.3. The minimum Gasteiger partial charge on any atom is -0.492 e. The van der Waals surface area contributed by atoms with Crippen molar-refractivity contribution >= 4 is 22.7 Å². The van der Waals surface area contributed by atoms with E-state index >= 15 is 0 Å². The second-order valence-corrected chi connectivity index (χ2v) is 7.91. The Labute approximate surface area is 203 Å². The lowest BCUT2D eigenvalue weighted by molar-refractivity contribution is -0.149. The van der Waals surface area contributed by atoms with Gasteiger partial charge in [-0.1, -0.05) is 47.6 Å². The SMILES string of the molecule is CCOC(Cc1ccc(OCCn2ccc3ccc(/C(=N/O)c4ccccc4)nc32)cc1)C(=O)O. The number of nitrogens with zero attached hydrogens (tertiary/aromatic N) is 3. The Morgan fingerprint density at radius 2 is 1.83 bits per heavy atom. The van der Waals surface area contributed by atoms with Crippen LogP contribution in [0.4, 0.5) is 0 Å². The van der Waals surface area contributed by atoms with Gasteiger partial charge in [-0.15, -0.1) is 0 Å². The maximum absolute atomic E-state index is 11.3. The van der Waals surface area contributed by atoms with Crippen molar-refractivity contribution in [2.45, 2.75) is 26.0 Å². The lowest BCUT2D eigenvalue weighted by Gasteiger charge is -2.13. The van der Waals surface area contributed by atoms with Crippen LogP contribution in [0.3, 0.4) is 0 Å². The summed E-state index contributed by atoms with van der Waals surface area (Å²) in [5.74, 6) is -0.273. The van der Waals surface area contributed by atoms with Gasteiger partial charge in [0.25, 0.3) is 0 Å². The van der Waals surface area contributed by atoms with E-state index in [9.17, 15) is 15.1 Å². The number of aliphatic carboxylic acids is 1. The van der Waals surface area contributed by atoms with E-state index in [1.165, 1.54) is 0 Å². The maximum Gasteiger partial charge on any atom is 0.333 e. The number of pyridine rings is 1. The second-order valence-electron chi connectivity index (χ2n) is 7.91. The van der Waals surface area contributed by atoms with Crippen LogP contribution in [0.1, 0.15) is 23.7 Å². The van der Waals surface area contributed by atoms with E-state index in [2.05, 4.69) is 5.16 Å². The van der Waals surface area contributed by atoms with Gasteiger partial charge in [0, 0.05) is 30.2 Å². The molecule has 2 aromatic heterocycles. The summed E-state index contributed by atoms with van der Waals surface area (Å²) in [6, 6.07) is 22.5. The molecule has 0 fully saturated rings. The fourth-order valence-corrected chi connectivity index (χ4v) is 3.84. The van der Waals surface area contributed by atoms with Crippen molar-refractivity contribution in [3.8, 4) is 5.75 Å². The van der Waals surface area contributed by atoms with Crippen LogP contribution in [0.15, 0.2) is 84.1 Å². The van der Waals surface area contributed by atoms with Crippen LogP contribution in [0.5, 0.6) is 5.75 Å². The number of aromatic nitrogens is 2. The van der Waals surface area contributed by atoms with E-state index in [-0.39, 0.29) is 0 Å². The molecule has 4 rings (SSSR count). The first-order chi connectivity index (χ1) is 17.1. The fraction of sp³-hybridized carbons (Fsp3) is 0.222. The molecule has 180 valence electrons. The van der Waals surface area contributed by atoms with Gasteiger partial charge >= 0.3 is 5.97 Å². The largest absolute Gasteiger partial charge is 0.492 e. The molecule has 0 aliphatic heterocycles. The van der Waals surface area contributed by atoms with Gasteiger partial charge in [0.05, 0.1) is 12.2 Å². The number of rotatable bonds is 11. The zero-order chi connectivity index (χ0) is 24.6. The third kappa shape index (κ3) is 5.85. The molecule has 0 aliphatic rings. The number of carboxylic acid groups (broad SMARTS) is 1. The highest BCUT2D eigenvalue weighted by Crippen LogP contribution is 2.18. The number of ether oxygens (including phenoxy) is 2. The quantitative estimate of drug-likeness (QED) is 0.190. The molecule has 0 saturated heterocycles. The Hall–Kier alpha value is -4.17. The molecule has 0 aliphatic carbocycles. The van der Waals surface area contributed by atoms with Crippen LogP contribution in [0, 0.1) is 0 Å². The van der Waals surface area contributed by atoms with Gasteiger partial charge in [0.2, 0.25) is 0 Å². The third-order valence-electron chi connectivity index (χ3n) is 5.59. The Kier molecular flexibility index (Phi) is 7.74. The molecule has 0 spiro atoms. The molecule has 8 nitrogen and oxygen atoms in total. The predicted molar refractivity (Wildman–Crippen MR) is 132 cm³/mol. The molecule has 0 bridgehead atoms. The van der Waals surface area contributed by atoms with Crippen LogP contribution in [-0.2, 0) is 22.5 Å². The van der Waals surface area contributed by atoms with Crippen molar-refractivity contribution in [3.63, 3.8) is 0 Å². The molecule has 1 atom stereocenters. The summed E-state index contributed by atoms with van der Waals surface area (Å²) >= 11 is 0. The molecule has 1 unspecified atom stereocenters. The highest BCUT2D eigenvalue weighted by atomic mass is 16.5. The van der Waals surface area contributed by atoms with Crippen molar-refractivity contribution in [1.82, 2.24) is 9.55 Å². The van der Waals surface area contributed by atoms with E-state index in [4.69, 9.17) is 14.5 Å². The van der Waals surface area contributed by atoms with Crippen molar-refractivity contribution in [3.05, 3.63) is 95.8 Å². The summed E-state index contributed by atoms with van der Waals surface area (Å²) in [7, 11) is 0. The van der Waals surface area contributed by atoms with Gasteiger partial charge in [0.1, 0.15) is 23.7 Å². The zero-order valence-corrected chi connectivity index (χ0v) is 19.4. The Morgan fingerprint density at radius 3 is 2.51 bits per heavy atom. The molecule has 35 heavy (non-hydrogen) atoms. The molecular formula is C27H27N3O5. The Bertz CT molecular complexity index is 1300.